The van der Waals surface area contributed by atoms with Crippen molar-refractivity contribution in [1.29, 1.82) is 0 Å². The number of thiol groups is 1. The number of nitrogens with one attached hydrogen (secondary N) is 1. The van der Waals surface area contributed by atoms with Gasteiger partial charge in [0.05, 0.1) is 31.9 Å². The van der Waals surface area contributed by atoms with Crippen molar-refractivity contribution < 1.29 is 28.2 Å². The van der Waals surface area contributed by atoms with E-state index < -0.39 is 23.5 Å². The highest BCUT2D eigenvalue weighted by Crippen LogP contribution is 2.31. The molecular formula is C22H32FN3O5S. The molecule has 0 bridgehead atoms. The average molecular weight is 470 g/mol. The number of hydrogen-bond acceptors (Lipinski definition) is 6. The molecule has 0 saturated carbocycles. The summed E-state index contributed by atoms with van der Waals surface area (Å²) in [7, 11) is 4.71. The van der Waals surface area contributed by atoms with E-state index in [0.717, 1.165) is 6.42 Å². The Morgan fingerprint density at radius 1 is 1.41 bits per heavy atom. The molecule has 8 nitrogen and oxygen atoms in total. The highest BCUT2D eigenvalue weighted by molar-refractivity contribution is 7.84. The van der Waals surface area contributed by atoms with Gasteiger partial charge in [0.2, 0.25) is 5.91 Å². The number of halogens is 1. The molecule has 1 aliphatic rings. The van der Waals surface area contributed by atoms with Gasteiger partial charge in [-0.2, -0.15) is 0 Å². The first-order valence-corrected chi connectivity index (χ1v) is 10.7. The molecule has 32 heavy (non-hydrogen) atoms. The van der Waals surface area contributed by atoms with Crippen molar-refractivity contribution in [3.8, 4) is 5.75 Å². The Bertz CT molecular complexity index is 840. The van der Waals surface area contributed by atoms with Crippen LogP contribution in [0.25, 0.3) is 0 Å². The summed E-state index contributed by atoms with van der Waals surface area (Å²) < 4.78 is 30.3. The molecule has 0 aromatic heterocycles. The Morgan fingerprint density at radius 3 is 2.75 bits per heavy atom. The number of piperidine rings is 1. The lowest BCUT2D eigenvalue weighted by Gasteiger charge is -2.39. The lowest BCUT2D eigenvalue weighted by atomic mass is 9.90. The SMILES string of the molecule is C=C(S)N(C[C@H](OCCOC)c1cc(F)ccc1OC)C(=O)NC1(C)CCCN(C)C1=O. The highest BCUT2D eigenvalue weighted by atomic mass is 32.1. The van der Waals surface area contributed by atoms with E-state index >= 15 is 0 Å². The number of methoxy groups -OCH3 is 2. The number of rotatable bonds is 10. The molecule has 2 rings (SSSR count). The number of ether oxygens (including phenoxy) is 3. The number of benzene rings is 1. The Morgan fingerprint density at radius 2 is 2.12 bits per heavy atom. The van der Waals surface area contributed by atoms with Gasteiger partial charge in [0.15, 0.2) is 0 Å². The Kier molecular flexibility index (Phi) is 9.35. The molecule has 1 aromatic rings. The van der Waals surface area contributed by atoms with Crippen LogP contribution in [0.2, 0.25) is 0 Å². The van der Waals surface area contributed by atoms with Crippen molar-refractivity contribution >= 4 is 24.6 Å². The minimum absolute atomic E-state index is 0.0300. The third-order valence-corrected chi connectivity index (χ3v) is 5.66. The zero-order chi connectivity index (χ0) is 23.9. The van der Waals surface area contributed by atoms with Crippen LogP contribution in [0.15, 0.2) is 29.8 Å². The lowest BCUT2D eigenvalue weighted by Crippen LogP contribution is -2.62. The summed E-state index contributed by atoms with van der Waals surface area (Å²) in [5.41, 5.74) is -0.621. The molecule has 0 aliphatic carbocycles. The molecule has 0 spiro atoms. The van der Waals surface area contributed by atoms with Crippen LogP contribution in [0.3, 0.4) is 0 Å². The number of amides is 3. The van der Waals surface area contributed by atoms with E-state index in [-0.39, 0.29) is 24.1 Å². The zero-order valence-corrected chi connectivity index (χ0v) is 19.9. The van der Waals surface area contributed by atoms with Crippen molar-refractivity contribution in [3.05, 3.63) is 41.2 Å². The Balaban J connectivity index is 2.29. The number of carbonyl (C=O) groups excluding carboxylic acids is 2. The van der Waals surface area contributed by atoms with E-state index in [4.69, 9.17) is 14.2 Å². The highest BCUT2D eigenvalue weighted by Gasteiger charge is 2.41. The van der Waals surface area contributed by atoms with E-state index in [1.807, 2.05) is 0 Å². The molecule has 1 saturated heterocycles. The number of likely N-dealkylation sites (tertiary alicyclic amines) is 1. The van der Waals surface area contributed by atoms with Gasteiger partial charge in [-0.25, -0.2) is 9.18 Å². The molecule has 1 unspecified atom stereocenters. The fourth-order valence-corrected chi connectivity index (χ4v) is 3.83. The third-order valence-electron chi connectivity index (χ3n) is 5.42. The molecule has 2 atom stereocenters. The smallest absolute Gasteiger partial charge is 0.323 e. The van der Waals surface area contributed by atoms with Gasteiger partial charge in [0.25, 0.3) is 0 Å². The van der Waals surface area contributed by atoms with Crippen molar-refractivity contribution in [2.75, 3.05) is 47.6 Å². The normalized spacial score (nSPS) is 19.4. The van der Waals surface area contributed by atoms with Crippen LogP contribution in [0, 0.1) is 5.82 Å². The molecule has 3 amide bonds. The van der Waals surface area contributed by atoms with Gasteiger partial charge >= 0.3 is 6.03 Å². The first kappa shape index (κ1) is 26.0. The van der Waals surface area contributed by atoms with Gasteiger partial charge in [-0.05, 0) is 38.0 Å². The van der Waals surface area contributed by atoms with E-state index in [1.165, 1.54) is 37.3 Å². The van der Waals surface area contributed by atoms with E-state index in [9.17, 15) is 14.0 Å². The molecule has 1 aromatic carbocycles. The minimum Gasteiger partial charge on any atom is -0.496 e. The predicted molar refractivity (Wildman–Crippen MR) is 122 cm³/mol. The van der Waals surface area contributed by atoms with Gasteiger partial charge in [0.1, 0.15) is 23.2 Å². The zero-order valence-electron chi connectivity index (χ0n) is 19.0. The van der Waals surface area contributed by atoms with Crippen molar-refractivity contribution in [2.24, 2.45) is 0 Å². The number of urea groups is 1. The maximum atomic E-state index is 14.0. The second-order valence-corrected chi connectivity index (χ2v) is 8.37. The van der Waals surface area contributed by atoms with Crippen LogP contribution in [-0.4, -0.2) is 74.8 Å². The summed E-state index contributed by atoms with van der Waals surface area (Å²) in [5, 5.41) is 2.97. The summed E-state index contributed by atoms with van der Waals surface area (Å²) in [6.07, 6.45) is 0.521. The molecule has 1 aliphatic heterocycles. The molecule has 1 N–H and O–H groups in total. The maximum absolute atomic E-state index is 14.0. The fourth-order valence-electron chi connectivity index (χ4n) is 3.66. The van der Waals surface area contributed by atoms with Gasteiger partial charge in [-0.3, -0.25) is 9.69 Å². The second kappa shape index (κ2) is 11.5. The molecule has 1 fully saturated rings. The summed E-state index contributed by atoms with van der Waals surface area (Å²) in [4.78, 5) is 28.7. The Hall–Kier alpha value is -2.30. The van der Waals surface area contributed by atoms with Crippen LogP contribution in [0.4, 0.5) is 9.18 Å². The van der Waals surface area contributed by atoms with Crippen LogP contribution in [0.5, 0.6) is 5.75 Å². The average Bonchev–Trinajstić information content (AvgIpc) is 2.74. The van der Waals surface area contributed by atoms with Crippen molar-refractivity contribution in [1.82, 2.24) is 15.1 Å². The number of likely N-dealkylation sites (N-methyl/N-ethyl adjacent to an activating group) is 1. The van der Waals surface area contributed by atoms with E-state index in [1.54, 1.807) is 18.9 Å². The van der Waals surface area contributed by atoms with Crippen LogP contribution < -0.4 is 10.1 Å². The summed E-state index contributed by atoms with van der Waals surface area (Å²) >= 11 is 4.27. The van der Waals surface area contributed by atoms with Crippen LogP contribution >= 0.6 is 12.6 Å². The van der Waals surface area contributed by atoms with Crippen LogP contribution in [0.1, 0.15) is 31.4 Å². The molecular weight excluding hydrogens is 437 g/mol. The number of hydrogen-bond donors (Lipinski definition) is 2. The monoisotopic (exact) mass is 469 g/mol. The topological polar surface area (TPSA) is 80.3 Å². The maximum Gasteiger partial charge on any atom is 0.323 e. The summed E-state index contributed by atoms with van der Waals surface area (Å²) in [6.45, 7) is 6.60. The number of carbonyl (C=O) groups is 2. The molecule has 0 radical (unpaired) electrons. The Labute approximate surface area is 194 Å². The molecule has 10 heteroatoms. The number of nitrogens with zero attached hydrogens (tertiary/aromatic N) is 2. The van der Waals surface area contributed by atoms with Gasteiger partial charge in [-0.15, -0.1) is 12.6 Å². The van der Waals surface area contributed by atoms with E-state index in [2.05, 4.69) is 24.5 Å². The van der Waals surface area contributed by atoms with Crippen molar-refractivity contribution in [3.63, 3.8) is 0 Å². The van der Waals surface area contributed by atoms with E-state index in [0.29, 0.717) is 30.9 Å². The van der Waals surface area contributed by atoms with Gasteiger partial charge < -0.3 is 24.4 Å². The minimum atomic E-state index is -1.05. The third kappa shape index (κ3) is 6.36. The standard InChI is InChI=1S/C22H32FN3O5S/c1-15(32)26(21(28)24-22(2)9-6-10-25(3)20(22)27)14-19(31-12-11-29-4)17-13-16(23)7-8-18(17)30-5/h7-8,13,19,32H,1,6,9-12,14H2,2-5H3,(H,24,28)/t19-,22?/m0/s1. The summed E-state index contributed by atoms with van der Waals surface area (Å²) in [6, 6.07) is 3.53. The first-order chi connectivity index (χ1) is 15.1. The summed E-state index contributed by atoms with van der Waals surface area (Å²) in [5.74, 6) is -0.221. The van der Waals surface area contributed by atoms with Crippen molar-refractivity contribution in [2.45, 2.75) is 31.4 Å². The van der Waals surface area contributed by atoms with Gasteiger partial charge in [-0.1, -0.05) is 6.58 Å². The second-order valence-electron chi connectivity index (χ2n) is 7.86. The fraction of sp³-hybridized carbons (Fsp3) is 0.545. The lowest BCUT2D eigenvalue weighted by molar-refractivity contribution is -0.139. The quantitative estimate of drug-likeness (QED) is 0.407. The molecule has 1 heterocycles. The first-order valence-electron chi connectivity index (χ1n) is 10.3. The van der Waals surface area contributed by atoms with Crippen LogP contribution in [-0.2, 0) is 14.3 Å². The largest absolute Gasteiger partial charge is 0.496 e. The predicted octanol–water partition coefficient (Wildman–Crippen LogP) is 2.96. The molecule has 178 valence electrons. The van der Waals surface area contributed by atoms with Gasteiger partial charge in [0, 0.05) is 26.3 Å².